The molecule has 0 heterocycles. The largest absolute Gasteiger partial charge is 1.00 e. The van der Waals surface area contributed by atoms with E-state index in [-0.39, 0.29) is 24.0 Å². The van der Waals surface area contributed by atoms with E-state index < -0.39 is 0 Å². The highest BCUT2D eigenvalue weighted by molar-refractivity contribution is 5.32. The number of nitrogens with zero attached hydrogens (tertiary/aromatic N) is 1. The molecule has 0 bridgehead atoms. The Hall–Kier alpha value is -0.870. The van der Waals surface area contributed by atoms with Gasteiger partial charge in [0.1, 0.15) is 0 Å². The predicted octanol–water partition coefficient (Wildman–Crippen LogP) is 0.919. The molecular weight excluding hydrogens is 357 g/mol. The molecule has 2 aromatic rings. The van der Waals surface area contributed by atoms with Crippen molar-refractivity contribution in [2.24, 2.45) is 0 Å². The van der Waals surface area contributed by atoms with Crippen molar-refractivity contribution in [1.82, 2.24) is 0 Å². The lowest BCUT2D eigenvalue weighted by Crippen LogP contribution is -3.00. The predicted molar refractivity (Wildman–Crippen MR) is 82.2 cm³/mol. The zero-order valence-electron chi connectivity index (χ0n) is 12.6. The Bertz CT molecular complexity index is 448. The van der Waals surface area contributed by atoms with Crippen molar-refractivity contribution in [2.45, 2.75) is 12.3 Å². The minimum atomic E-state index is 0. The van der Waals surface area contributed by atoms with Crippen molar-refractivity contribution in [1.29, 1.82) is 0 Å². The minimum absolute atomic E-state index is 0. The van der Waals surface area contributed by atoms with E-state index in [1.165, 1.54) is 24.1 Å². The van der Waals surface area contributed by atoms with Gasteiger partial charge in [-0.2, -0.15) is 0 Å². The molecule has 0 unspecified atom stereocenters. The van der Waals surface area contributed by atoms with E-state index in [4.69, 9.17) is 0 Å². The lowest BCUT2D eigenvalue weighted by atomic mass is 9.88. The molecule has 1 nitrogen and oxygen atoms in total. The van der Waals surface area contributed by atoms with E-state index in [2.05, 4.69) is 81.8 Å². The van der Waals surface area contributed by atoms with Crippen molar-refractivity contribution in [3.8, 4) is 0 Å². The molecule has 108 valence electrons. The molecule has 0 spiro atoms. The van der Waals surface area contributed by atoms with Crippen LogP contribution in [0.1, 0.15) is 23.5 Å². The lowest BCUT2D eigenvalue weighted by Gasteiger charge is -2.27. The zero-order chi connectivity index (χ0) is 13.7. The van der Waals surface area contributed by atoms with Crippen LogP contribution in [-0.2, 0) is 0 Å². The highest BCUT2D eigenvalue weighted by Gasteiger charge is 2.17. The molecule has 0 atom stereocenters. The molecule has 0 amide bonds. The van der Waals surface area contributed by atoms with Gasteiger partial charge >= 0.3 is 0 Å². The van der Waals surface area contributed by atoms with Crippen LogP contribution in [0.3, 0.4) is 0 Å². The first-order chi connectivity index (χ1) is 9.06. The summed E-state index contributed by atoms with van der Waals surface area (Å²) in [4.78, 5) is 0. The van der Waals surface area contributed by atoms with Crippen molar-refractivity contribution in [2.75, 3.05) is 27.7 Å². The Morgan fingerprint density at radius 3 is 1.50 bits per heavy atom. The highest BCUT2D eigenvalue weighted by atomic mass is 127. The fourth-order valence-electron chi connectivity index (χ4n) is 2.41. The fraction of sp³-hybridized carbons (Fsp3) is 0.333. The fourth-order valence-corrected chi connectivity index (χ4v) is 2.41. The van der Waals surface area contributed by atoms with E-state index in [0.717, 1.165) is 4.48 Å². The molecule has 0 aromatic heterocycles. The van der Waals surface area contributed by atoms with Gasteiger partial charge in [0.2, 0.25) is 0 Å². The molecule has 2 rings (SSSR count). The Morgan fingerprint density at radius 1 is 0.750 bits per heavy atom. The van der Waals surface area contributed by atoms with Crippen molar-refractivity contribution < 1.29 is 28.5 Å². The molecule has 2 aromatic carbocycles. The summed E-state index contributed by atoms with van der Waals surface area (Å²) < 4.78 is 1.01. The van der Waals surface area contributed by atoms with Gasteiger partial charge in [-0.25, -0.2) is 0 Å². The Kier molecular flexibility index (Phi) is 6.69. The van der Waals surface area contributed by atoms with Gasteiger partial charge in [-0.3, -0.25) is 0 Å². The van der Waals surface area contributed by atoms with Crippen LogP contribution >= 0.6 is 0 Å². The van der Waals surface area contributed by atoms with E-state index in [1.807, 2.05) is 0 Å². The number of hydrogen-bond donors (Lipinski definition) is 0. The first-order valence-corrected chi connectivity index (χ1v) is 6.96. The van der Waals surface area contributed by atoms with Gasteiger partial charge in [0, 0.05) is 12.3 Å². The maximum Gasteiger partial charge on any atom is 0.0789 e. The third kappa shape index (κ3) is 5.25. The van der Waals surface area contributed by atoms with Crippen LogP contribution in [0.4, 0.5) is 0 Å². The third-order valence-corrected chi connectivity index (χ3v) is 3.49. The number of rotatable bonds is 5. The summed E-state index contributed by atoms with van der Waals surface area (Å²) >= 11 is 0. The van der Waals surface area contributed by atoms with E-state index in [1.54, 1.807) is 0 Å². The van der Waals surface area contributed by atoms with Crippen molar-refractivity contribution >= 4 is 0 Å². The van der Waals surface area contributed by atoms with Crippen LogP contribution in [0.5, 0.6) is 0 Å². The van der Waals surface area contributed by atoms with Gasteiger partial charge < -0.3 is 28.5 Å². The monoisotopic (exact) mass is 381 g/mol. The summed E-state index contributed by atoms with van der Waals surface area (Å²) in [5, 5.41) is 0. The minimum Gasteiger partial charge on any atom is -1.00 e. The summed E-state index contributed by atoms with van der Waals surface area (Å²) in [6.07, 6.45) is 1.18. The van der Waals surface area contributed by atoms with Gasteiger partial charge in [-0.15, -0.1) is 0 Å². The Labute approximate surface area is 140 Å². The molecular formula is C18H24IN. The Morgan fingerprint density at radius 2 is 1.15 bits per heavy atom. The maximum absolute atomic E-state index is 2.26. The van der Waals surface area contributed by atoms with Crippen LogP contribution < -0.4 is 24.0 Å². The normalized spacial score (nSPS) is 11.2. The molecule has 0 saturated carbocycles. The summed E-state index contributed by atoms with van der Waals surface area (Å²) in [6, 6.07) is 21.7. The van der Waals surface area contributed by atoms with Gasteiger partial charge in [0.15, 0.2) is 0 Å². The SMILES string of the molecule is C[N+](C)(C)CCC(c1ccccc1)c1ccccc1.[I-]. The average molecular weight is 381 g/mol. The number of quaternary nitrogens is 1. The lowest BCUT2D eigenvalue weighted by molar-refractivity contribution is -0.870. The van der Waals surface area contributed by atoms with Crippen LogP contribution in [0.15, 0.2) is 60.7 Å². The molecule has 0 aliphatic rings. The van der Waals surface area contributed by atoms with E-state index in [0.29, 0.717) is 5.92 Å². The standard InChI is InChI=1S/C18H24N.HI/c1-19(2,3)15-14-18(16-10-6-4-7-11-16)17-12-8-5-9-13-17;/h4-13,18H,14-15H2,1-3H3;1H/q+1;/p-1. The number of halogens is 1. The second-order valence-corrected chi connectivity index (χ2v) is 6.18. The first kappa shape index (κ1) is 17.2. The van der Waals surface area contributed by atoms with Gasteiger partial charge in [0.05, 0.1) is 27.7 Å². The zero-order valence-corrected chi connectivity index (χ0v) is 14.7. The highest BCUT2D eigenvalue weighted by Crippen LogP contribution is 2.28. The smallest absolute Gasteiger partial charge is 0.0789 e. The molecule has 0 saturated heterocycles. The molecule has 0 radical (unpaired) electrons. The molecule has 20 heavy (non-hydrogen) atoms. The third-order valence-electron chi connectivity index (χ3n) is 3.49. The number of hydrogen-bond acceptors (Lipinski definition) is 0. The van der Waals surface area contributed by atoms with Crippen LogP contribution in [0.25, 0.3) is 0 Å². The maximum atomic E-state index is 2.26. The van der Waals surface area contributed by atoms with E-state index in [9.17, 15) is 0 Å². The van der Waals surface area contributed by atoms with Crippen LogP contribution in [-0.4, -0.2) is 32.2 Å². The second-order valence-electron chi connectivity index (χ2n) is 6.18. The molecule has 2 heteroatoms. The molecule has 0 N–H and O–H groups in total. The van der Waals surface area contributed by atoms with Crippen LogP contribution in [0.2, 0.25) is 0 Å². The first-order valence-electron chi connectivity index (χ1n) is 6.96. The van der Waals surface area contributed by atoms with Crippen molar-refractivity contribution in [3.05, 3.63) is 71.8 Å². The molecule has 0 fully saturated rings. The van der Waals surface area contributed by atoms with Crippen molar-refractivity contribution in [3.63, 3.8) is 0 Å². The summed E-state index contributed by atoms with van der Waals surface area (Å²) in [6.45, 7) is 1.18. The van der Waals surface area contributed by atoms with Gasteiger partial charge in [-0.1, -0.05) is 60.7 Å². The van der Waals surface area contributed by atoms with Crippen LogP contribution in [0, 0.1) is 0 Å². The number of benzene rings is 2. The summed E-state index contributed by atoms with van der Waals surface area (Å²) in [5.74, 6) is 0.500. The Balaban J connectivity index is 0.00000200. The molecule has 0 aliphatic carbocycles. The quantitative estimate of drug-likeness (QED) is 0.534. The molecule has 0 aliphatic heterocycles. The summed E-state index contributed by atoms with van der Waals surface area (Å²) in [7, 11) is 6.77. The van der Waals surface area contributed by atoms with Gasteiger partial charge in [0.25, 0.3) is 0 Å². The van der Waals surface area contributed by atoms with Gasteiger partial charge in [-0.05, 0) is 11.1 Å². The topological polar surface area (TPSA) is 0 Å². The van der Waals surface area contributed by atoms with E-state index >= 15 is 0 Å². The average Bonchev–Trinajstić information content (AvgIpc) is 2.40. The summed E-state index contributed by atoms with van der Waals surface area (Å²) in [5.41, 5.74) is 2.84. The second kappa shape index (κ2) is 7.79.